The van der Waals surface area contributed by atoms with Crippen molar-refractivity contribution in [3.8, 4) is 0 Å². The molecule has 2 aromatic carbocycles. The molecular formula is C19H22FNO3S. The van der Waals surface area contributed by atoms with Crippen LogP contribution >= 0.6 is 0 Å². The fraction of sp³-hybridized carbons (Fsp3) is 0.316. The number of hydrogen-bond acceptors (Lipinski definition) is 3. The monoisotopic (exact) mass is 363 g/mol. The van der Waals surface area contributed by atoms with E-state index >= 15 is 0 Å². The van der Waals surface area contributed by atoms with Crippen molar-refractivity contribution in [3.05, 3.63) is 65.5 Å². The maximum absolute atomic E-state index is 13.9. The molecule has 0 saturated carbocycles. The molecule has 2 rings (SSSR count). The zero-order valence-electron chi connectivity index (χ0n) is 14.3. The van der Waals surface area contributed by atoms with Crippen LogP contribution in [0.4, 0.5) is 4.39 Å². The predicted molar refractivity (Wildman–Crippen MR) is 95.8 cm³/mol. The Morgan fingerprint density at radius 2 is 1.80 bits per heavy atom. The molecule has 2 aromatic rings. The molecule has 134 valence electrons. The van der Waals surface area contributed by atoms with Crippen LogP contribution in [0.5, 0.6) is 0 Å². The van der Waals surface area contributed by atoms with Gasteiger partial charge in [-0.2, -0.15) is 0 Å². The summed E-state index contributed by atoms with van der Waals surface area (Å²) < 4.78 is 38.3. The minimum Gasteiger partial charge on any atom is -0.352 e. The third-order valence-electron chi connectivity index (χ3n) is 3.90. The Morgan fingerprint density at radius 1 is 1.12 bits per heavy atom. The summed E-state index contributed by atoms with van der Waals surface area (Å²) >= 11 is 0. The van der Waals surface area contributed by atoms with Crippen molar-refractivity contribution < 1.29 is 17.6 Å². The molecule has 6 heteroatoms. The van der Waals surface area contributed by atoms with Gasteiger partial charge in [0.05, 0.1) is 15.7 Å². The van der Waals surface area contributed by atoms with Crippen molar-refractivity contribution >= 4 is 15.7 Å². The first kappa shape index (κ1) is 19.1. The summed E-state index contributed by atoms with van der Waals surface area (Å²) in [5.74, 6) is -1.34. The van der Waals surface area contributed by atoms with Crippen LogP contribution in [0.2, 0.25) is 0 Å². The zero-order valence-corrected chi connectivity index (χ0v) is 15.1. The van der Waals surface area contributed by atoms with E-state index in [4.69, 9.17) is 0 Å². The highest BCUT2D eigenvalue weighted by molar-refractivity contribution is 7.92. The fourth-order valence-electron chi connectivity index (χ4n) is 2.36. The van der Waals surface area contributed by atoms with Gasteiger partial charge < -0.3 is 5.32 Å². The number of halogens is 1. The molecule has 0 fully saturated rings. The first-order valence-electron chi connectivity index (χ1n) is 8.18. The molecule has 1 amide bonds. The molecule has 0 bridgehead atoms. The third kappa shape index (κ3) is 4.89. The van der Waals surface area contributed by atoms with Crippen molar-refractivity contribution in [2.75, 3.05) is 6.54 Å². The van der Waals surface area contributed by atoms with Crippen molar-refractivity contribution in [3.63, 3.8) is 0 Å². The molecule has 25 heavy (non-hydrogen) atoms. The molecular weight excluding hydrogens is 341 g/mol. The number of rotatable bonds is 7. The second-order valence-electron chi connectivity index (χ2n) is 6.08. The topological polar surface area (TPSA) is 63.2 Å². The second kappa shape index (κ2) is 8.25. The summed E-state index contributed by atoms with van der Waals surface area (Å²) in [7, 11) is -3.56. The van der Waals surface area contributed by atoms with Crippen LogP contribution in [-0.2, 0) is 16.3 Å². The average Bonchev–Trinajstić information content (AvgIpc) is 2.59. The van der Waals surface area contributed by atoms with Crippen molar-refractivity contribution in [2.24, 2.45) is 0 Å². The van der Waals surface area contributed by atoms with Gasteiger partial charge in [0, 0.05) is 6.54 Å². The van der Waals surface area contributed by atoms with Crippen LogP contribution in [0.15, 0.2) is 53.4 Å². The van der Waals surface area contributed by atoms with Gasteiger partial charge in [0.25, 0.3) is 5.91 Å². The second-order valence-corrected chi connectivity index (χ2v) is 8.58. The number of carbonyl (C=O) groups excluding carboxylic acids is 1. The van der Waals surface area contributed by atoms with Crippen molar-refractivity contribution in [2.45, 2.75) is 36.8 Å². The predicted octanol–water partition coefficient (Wildman–Crippen LogP) is 3.37. The smallest absolute Gasteiger partial charge is 0.254 e. The molecule has 0 aliphatic carbocycles. The Hall–Kier alpha value is -2.21. The standard InChI is InChI=1S/C19H22FNO3S/c1-14(2)25(23,24)16-10-11-18(20)17(13-16)19(22)21-12-6-9-15-7-4-3-5-8-15/h3-5,7-8,10-11,13-14H,6,9,12H2,1-2H3,(H,21,22). The fourth-order valence-corrected chi connectivity index (χ4v) is 3.45. The number of aryl methyl sites for hydroxylation is 1. The van der Waals surface area contributed by atoms with Gasteiger partial charge in [0.15, 0.2) is 9.84 Å². The summed E-state index contributed by atoms with van der Waals surface area (Å²) in [5.41, 5.74) is 0.911. The minimum absolute atomic E-state index is 0.0432. The van der Waals surface area contributed by atoms with Gasteiger partial charge in [0.2, 0.25) is 0 Å². The van der Waals surface area contributed by atoms with Gasteiger partial charge in [-0.25, -0.2) is 12.8 Å². The molecule has 0 aliphatic rings. The van der Waals surface area contributed by atoms with E-state index in [2.05, 4.69) is 5.32 Å². The Kier molecular flexibility index (Phi) is 6.31. The summed E-state index contributed by atoms with van der Waals surface area (Å²) in [4.78, 5) is 12.1. The number of amides is 1. The van der Waals surface area contributed by atoms with Gasteiger partial charge in [-0.1, -0.05) is 30.3 Å². The molecule has 1 N–H and O–H groups in total. The van der Waals surface area contributed by atoms with E-state index < -0.39 is 26.8 Å². The SMILES string of the molecule is CC(C)S(=O)(=O)c1ccc(F)c(C(=O)NCCCc2ccccc2)c1. The summed E-state index contributed by atoms with van der Waals surface area (Å²) in [6, 6.07) is 13.2. The normalized spacial score (nSPS) is 11.5. The Labute approximate surface area is 148 Å². The van der Waals surface area contributed by atoms with E-state index in [1.165, 1.54) is 6.07 Å². The van der Waals surface area contributed by atoms with Gasteiger partial charge in [-0.05, 0) is 50.5 Å². The van der Waals surface area contributed by atoms with E-state index in [9.17, 15) is 17.6 Å². The van der Waals surface area contributed by atoms with Gasteiger partial charge in [-0.3, -0.25) is 4.79 Å². The number of carbonyl (C=O) groups is 1. The first-order valence-corrected chi connectivity index (χ1v) is 9.72. The molecule has 0 spiro atoms. The first-order chi connectivity index (χ1) is 11.8. The van der Waals surface area contributed by atoms with E-state index in [0.717, 1.165) is 24.1 Å². The van der Waals surface area contributed by atoms with Gasteiger partial charge in [0.1, 0.15) is 5.82 Å². The number of sulfone groups is 1. The lowest BCUT2D eigenvalue weighted by molar-refractivity contribution is 0.0949. The van der Waals surface area contributed by atoms with E-state index in [1.54, 1.807) is 13.8 Å². The lowest BCUT2D eigenvalue weighted by Crippen LogP contribution is -2.26. The number of hydrogen-bond donors (Lipinski definition) is 1. The highest BCUT2D eigenvalue weighted by Crippen LogP contribution is 2.19. The van der Waals surface area contributed by atoms with E-state index in [0.29, 0.717) is 13.0 Å². The molecule has 0 unspecified atom stereocenters. The van der Waals surface area contributed by atoms with Crippen molar-refractivity contribution in [1.29, 1.82) is 0 Å². The number of nitrogens with one attached hydrogen (secondary N) is 1. The molecule has 0 heterocycles. The summed E-state index contributed by atoms with van der Waals surface area (Å²) in [5, 5.41) is 2.01. The average molecular weight is 363 g/mol. The molecule has 4 nitrogen and oxygen atoms in total. The largest absolute Gasteiger partial charge is 0.352 e. The van der Waals surface area contributed by atoms with Crippen molar-refractivity contribution in [1.82, 2.24) is 5.32 Å². The van der Waals surface area contributed by atoms with E-state index in [-0.39, 0.29) is 10.5 Å². The maximum atomic E-state index is 13.9. The quantitative estimate of drug-likeness (QED) is 0.606. The van der Waals surface area contributed by atoms with Gasteiger partial charge in [-0.15, -0.1) is 0 Å². The minimum atomic E-state index is -3.56. The van der Waals surface area contributed by atoms with Crippen LogP contribution < -0.4 is 5.32 Å². The third-order valence-corrected chi connectivity index (χ3v) is 6.05. The highest BCUT2D eigenvalue weighted by Gasteiger charge is 2.22. The molecule has 0 aliphatic heterocycles. The summed E-state index contributed by atoms with van der Waals surface area (Å²) in [6.45, 7) is 3.47. The Bertz CT molecular complexity index is 833. The van der Waals surface area contributed by atoms with Crippen LogP contribution in [-0.4, -0.2) is 26.1 Å². The van der Waals surface area contributed by atoms with Crippen LogP contribution in [0.1, 0.15) is 36.2 Å². The molecule has 0 radical (unpaired) electrons. The summed E-state index contributed by atoms with van der Waals surface area (Å²) in [6.07, 6.45) is 1.51. The Morgan fingerprint density at radius 3 is 2.44 bits per heavy atom. The molecule has 0 saturated heterocycles. The number of benzene rings is 2. The Balaban J connectivity index is 2.01. The highest BCUT2D eigenvalue weighted by atomic mass is 32.2. The van der Waals surface area contributed by atoms with Crippen LogP contribution in [0.25, 0.3) is 0 Å². The lowest BCUT2D eigenvalue weighted by atomic mass is 10.1. The lowest BCUT2D eigenvalue weighted by Gasteiger charge is -2.11. The zero-order chi connectivity index (χ0) is 18.4. The maximum Gasteiger partial charge on any atom is 0.254 e. The van der Waals surface area contributed by atoms with Crippen LogP contribution in [0.3, 0.4) is 0 Å². The van der Waals surface area contributed by atoms with Crippen LogP contribution in [0, 0.1) is 5.82 Å². The molecule has 0 aromatic heterocycles. The van der Waals surface area contributed by atoms with E-state index in [1.807, 2.05) is 30.3 Å². The van der Waals surface area contributed by atoms with Gasteiger partial charge >= 0.3 is 0 Å². The molecule has 0 atom stereocenters.